The number of carbonyl (C=O) groups excluding carboxylic acids is 2. The Bertz CT molecular complexity index is 1240. The van der Waals surface area contributed by atoms with Crippen molar-refractivity contribution in [3.63, 3.8) is 0 Å². The third kappa shape index (κ3) is 5.01. The minimum absolute atomic E-state index is 0.163. The summed E-state index contributed by atoms with van der Waals surface area (Å²) in [5.41, 5.74) is 3.45. The average Bonchev–Trinajstić information content (AvgIpc) is 2.99. The molecule has 8 nitrogen and oxygen atoms in total. The Kier molecular flexibility index (Phi) is 7.10. The van der Waals surface area contributed by atoms with E-state index in [1.54, 1.807) is 57.7 Å². The molecule has 0 saturated heterocycles. The van der Waals surface area contributed by atoms with Gasteiger partial charge in [-0.15, -0.1) is 0 Å². The van der Waals surface area contributed by atoms with Crippen LogP contribution in [0.15, 0.2) is 54.6 Å². The molecule has 0 spiro atoms. The Labute approximate surface area is 203 Å². The van der Waals surface area contributed by atoms with Crippen LogP contribution in [-0.2, 0) is 11.2 Å². The zero-order chi connectivity index (χ0) is 24.9. The molecule has 0 aliphatic heterocycles. The lowest BCUT2D eigenvalue weighted by atomic mass is 9.93. The first-order valence-electron chi connectivity index (χ1n) is 11.1. The summed E-state index contributed by atoms with van der Waals surface area (Å²) in [7, 11) is 4.71. The van der Waals surface area contributed by atoms with Crippen LogP contribution in [0.4, 0.5) is 4.79 Å². The summed E-state index contributed by atoms with van der Waals surface area (Å²) in [6.45, 7) is 1.47. The smallest absolute Gasteiger partial charge is 0.493 e. The number of benzene rings is 3. The van der Waals surface area contributed by atoms with Crippen molar-refractivity contribution < 1.29 is 33.3 Å². The van der Waals surface area contributed by atoms with Crippen molar-refractivity contribution in [1.29, 1.82) is 0 Å². The molecule has 0 saturated carbocycles. The predicted octanol–water partition coefficient (Wildman–Crippen LogP) is 5.08. The van der Waals surface area contributed by atoms with Gasteiger partial charge in [-0.3, -0.25) is 4.79 Å². The van der Waals surface area contributed by atoms with Gasteiger partial charge in [0.25, 0.3) is 0 Å². The van der Waals surface area contributed by atoms with Gasteiger partial charge in [-0.2, -0.15) is 0 Å². The van der Waals surface area contributed by atoms with Gasteiger partial charge >= 0.3 is 6.16 Å². The third-order valence-corrected chi connectivity index (χ3v) is 5.80. The first kappa shape index (κ1) is 23.9. The molecule has 1 atom stereocenters. The van der Waals surface area contributed by atoms with Crippen molar-refractivity contribution in [3.8, 4) is 39.9 Å². The fraction of sp³-hybridized carbons (Fsp3) is 0.259. The van der Waals surface area contributed by atoms with Gasteiger partial charge < -0.3 is 29.0 Å². The summed E-state index contributed by atoms with van der Waals surface area (Å²) in [6, 6.07) is 15.6. The summed E-state index contributed by atoms with van der Waals surface area (Å²) in [5.74, 6) is 2.08. The summed E-state index contributed by atoms with van der Waals surface area (Å²) in [6.07, 6.45) is 0.416. The van der Waals surface area contributed by atoms with Crippen LogP contribution in [0.1, 0.15) is 30.5 Å². The maximum Gasteiger partial charge on any atom is 0.519 e. The number of para-hydroxylation sites is 1. The van der Waals surface area contributed by atoms with Crippen molar-refractivity contribution >= 4 is 12.1 Å². The molecule has 35 heavy (non-hydrogen) atoms. The lowest BCUT2D eigenvalue weighted by molar-refractivity contribution is -0.119. The summed E-state index contributed by atoms with van der Waals surface area (Å²) < 4.78 is 27.6. The topological polar surface area (TPSA) is 92.3 Å². The summed E-state index contributed by atoms with van der Waals surface area (Å²) in [5, 5.41) is 3.01. The second kappa shape index (κ2) is 10.4. The van der Waals surface area contributed by atoms with Crippen molar-refractivity contribution in [2.45, 2.75) is 25.8 Å². The highest BCUT2D eigenvalue weighted by atomic mass is 16.7. The molecule has 1 aliphatic rings. The molecule has 0 unspecified atom stereocenters. The molecule has 0 fully saturated rings. The molecule has 3 aromatic carbocycles. The van der Waals surface area contributed by atoms with Gasteiger partial charge in [0.2, 0.25) is 11.7 Å². The zero-order valence-corrected chi connectivity index (χ0v) is 20.0. The third-order valence-electron chi connectivity index (χ3n) is 5.80. The van der Waals surface area contributed by atoms with E-state index in [4.69, 9.17) is 23.7 Å². The molecule has 1 amide bonds. The van der Waals surface area contributed by atoms with E-state index in [9.17, 15) is 9.59 Å². The number of ether oxygens (including phenoxy) is 5. The molecule has 0 aromatic heterocycles. The van der Waals surface area contributed by atoms with E-state index in [1.807, 2.05) is 18.2 Å². The second-order valence-corrected chi connectivity index (χ2v) is 7.99. The molecular weight excluding hydrogens is 450 g/mol. The molecule has 182 valence electrons. The van der Waals surface area contributed by atoms with Crippen LogP contribution in [-0.4, -0.2) is 33.4 Å². The fourth-order valence-electron chi connectivity index (χ4n) is 4.37. The predicted molar refractivity (Wildman–Crippen MR) is 130 cm³/mol. The van der Waals surface area contributed by atoms with Crippen molar-refractivity contribution in [2.24, 2.45) is 0 Å². The van der Waals surface area contributed by atoms with E-state index in [0.717, 1.165) is 22.3 Å². The Balaban J connectivity index is 1.78. The highest BCUT2D eigenvalue weighted by Gasteiger charge is 2.29. The second-order valence-electron chi connectivity index (χ2n) is 7.99. The van der Waals surface area contributed by atoms with Crippen LogP contribution < -0.4 is 29.0 Å². The van der Waals surface area contributed by atoms with Gasteiger partial charge in [-0.25, -0.2) is 4.79 Å². The van der Waals surface area contributed by atoms with Crippen LogP contribution >= 0.6 is 0 Å². The quantitative estimate of drug-likeness (QED) is 0.391. The number of nitrogens with one attached hydrogen (secondary N) is 1. The molecule has 0 radical (unpaired) electrons. The maximum atomic E-state index is 12.4. The maximum absolute atomic E-state index is 12.4. The molecule has 8 heteroatoms. The van der Waals surface area contributed by atoms with E-state index in [0.29, 0.717) is 41.6 Å². The average molecular weight is 478 g/mol. The fourth-order valence-corrected chi connectivity index (χ4v) is 4.37. The number of hydrogen-bond acceptors (Lipinski definition) is 7. The van der Waals surface area contributed by atoms with Gasteiger partial charge in [0.05, 0.1) is 27.4 Å². The standard InChI is InChI=1S/C27H27NO7/c1-16(29)28-22-13-10-17-14-23(31-2)25(32-3)26(33-4)24(17)20-12-11-19(15-21(20)22)35-27(30)34-18-8-6-5-7-9-18/h5-9,11-12,14-15,22H,10,13H2,1-4H3,(H,28,29)/t22-/m0/s1. The van der Waals surface area contributed by atoms with Crippen LogP contribution in [0.2, 0.25) is 0 Å². The lowest BCUT2D eigenvalue weighted by Crippen LogP contribution is -2.26. The Hall–Kier alpha value is -4.20. The number of aryl methyl sites for hydroxylation is 1. The van der Waals surface area contributed by atoms with Gasteiger partial charge in [0.15, 0.2) is 11.5 Å². The first-order chi connectivity index (χ1) is 16.9. The van der Waals surface area contributed by atoms with Crippen molar-refractivity contribution in [2.75, 3.05) is 21.3 Å². The number of fused-ring (bicyclic) bond motifs is 3. The van der Waals surface area contributed by atoms with Crippen LogP contribution in [0.25, 0.3) is 11.1 Å². The van der Waals surface area contributed by atoms with Crippen LogP contribution in [0.3, 0.4) is 0 Å². The Morgan fingerprint density at radius 3 is 2.23 bits per heavy atom. The SMILES string of the molecule is COc1cc2c(c(OC)c1OC)-c1ccc(OC(=O)Oc3ccccc3)cc1[C@@H](NC(C)=O)CC2. The molecule has 1 aliphatic carbocycles. The number of rotatable bonds is 6. The summed E-state index contributed by atoms with van der Waals surface area (Å²) >= 11 is 0. The largest absolute Gasteiger partial charge is 0.519 e. The van der Waals surface area contributed by atoms with E-state index >= 15 is 0 Å². The highest BCUT2D eigenvalue weighted by Crippen LogP contribution is 2.50. The number of carbonyl (C=O) groups is 2. The van der Waals surface area contributed by atoms with E-state index in [2.05, 4.69) is 5.32 Å². The van der Waals surface area contributed by atoms with Crippen molar-refractivity contribution in [1.82, 2.24) is 5.32 Å². The highest BCUT2D eigenvalue weighted by molar-refractivity contribution is 5.84. The van der Waals surface area contributed by atoms with Gasteiger partial charge in [-0.1, -0.05) is 24.3 Å². The van der Waals surface area contributed by atoms with Crippen LogP contribution in [0, 0.1) is 0 Å². The molecule has 0 heterocycles. The van der Waals surface area contributed by atoms with Gasteiger partial charge in [-0.05, 0) is 59.9 Å². The zero-order valence-electron chi connectivity index (χ0n) is 20.0. The van der Waals surface area contributed by atoms with Crippen molar-refractivity contribution in [3.05, 3.63) is 65.7 Å². The number of amides is 1. The molecule has 4 rings (SSSR count). The molecule has 0 bridgehead atoms. The molecule has 1 N–H and O–H groups in total. The molecule has 3 aromatic rings. The lowest BCUT2D eigenvalue weighted by Gasteiger charge is -2.21. The minimum Gasteiger partial charge on any atom is -0.493 e. The number of methoxy groups -OCH3 is 3. The van der Waals surface area contributed by atoms with Crippen LogP contribution in [0.5, 0.6) is 28.7 Å². The van der Waals surface area contributed by atoms with E-state index in [1.165, 1.54) is 6.92 Å². The number of hydrogen-bond donors (Lipinski definition) is 1. The van der Waals surface area contributed by atoms with Gasteiger partial charge in [0.1, 0.15) is 11.5 Å². The Morgan fingerprint density at radius 2 is 1.57 bits per heavy atom. The summed E-state index contributed by atoms with van der Waals surface area (Å²) in [4.78, 5) is 24.4. The monoisotopic (exact) mass is 477 g/mol. The van der Waals surface area contributed by atoms with E-state index < -0.39 is 6.16 Å². The van der Waals surface area contributed by atoms with E-state index in [-0.39, 0.29) is 11.9 Å². The molecular formula is C27H27NO7. The minimum atomic E-state index is -0.856. The first-order valence-corrected chi connectivity index (χ1v) is 11.1. The normalized spacial score (nSPS) is 14.0. The Morgan fingerprint density at radius 1 is 0.857 bits per heavy atom. The van der Waals surface area contributed by atoms with Gasteiger partial charge in [0, 0.05) is 12.5 Å².